The molecule has 2 aromatic carbocycles. The van der Waals surface area contributed by atoms with Gasteiger partial charge in [-0.05, 0) is 59.8 Å². The van der Waals surface area contributed by atoms with Crippen molar-refractivity contribution >= 4 is 17.0 Å². The Morgan fingerprint density at radius 2 is 1.93 bits per heavy atom. The molecule has 2 atom stereocenters. The number of methoxy groups -OCH3 is 1. The lowest BCUT2D eigenvalue weighted by Crippen LogP contribution is -2.33. The second-order valence-corrected chi connectivity index (χ2v) is 7.80. The first-order chi connectivity index (χ1) is 13.2. The number of para-hydroxylation sites is 1. The Morgan fingerprint density at radius 1 is 1.11 bits per heavy atom. The van der Waals surface area contributed by atoms with Crippen LogP contribution < -0.4 is 9.47 Å². The molecule has 136 valence electrons. The molecule has 0 saturated heterocycles. The Labute approximate surface area is 162 Å². The fourth-order valence-electron chi connectivity index (χ4n) is 3.80. The van der Waals surface area contributed by atoms with Crippen LogP contribution in [0.15, 0.2) is 65.1 Å². The fourth-order valence-corrected chi connectivity index (χ4v) is 4.75. The van der Waals surface area contributed by atoms with Gasteiger partial charge >= 0.3 is 0 Å². The second-order valence-electron chi connectivity index (χ2n) is 6.85. The van der Waals surface area contributed by atoms with Gasteiger partial charge in [-0.1, -0.05) is 18.2 Å². The van der Waals surface area contributed by atoms with Crippen molar-refractivity contribution in [1.29, 1.82) is 0 Å². The smallest absolute Gasteiger partial charge is 0.223 e. The molecular formula is C22H20N2O2S. The summed E-state index contributed by atoms with van der Waals surface area (Å²) in [5.41, 5.74) is 4.66. The zero-order valence-corrected chi connectivity index (χ0v) is 16.1. The number of hydrogen-bond donors (Lipinski definition) is 0. The molecule has 3 heterocycles. The predicted molar refractivity (Wildman–Crippen MR) is 108 cm³/mol. The maximum absolute atomic E-state index is 6.40. The highest BCUT2D eigenvalue weighted by Gasteiger charge is 2.41. The van der Waals surface area contributed by atoms with Gasteiger partial charge in [-0.3, -0.25) is 0 Å². The highest BCUT2D eigenvalue weighted by Crippen LogP contribution is 2.48. The summed E-state index contributed by atoms with van der Waals surface area (Å²) < 4.78 is 11.7. The molecule has 2 aliphatic rings. The summed E-state index contributed by atoms with van der Waals surface area (Å²) in [6.45, 7) is 2.13. The Morgan fingerprint density at radius 3 is 2.67 bits per heavy atom. The molecule has 0 aliphatic carbocycles. The third-order valence-corrected chi connectivity index (χ3v) is 6.30. The van der Waals surface area contributed by atoms with E-state index in [2.05, 4.69) is 53.7 Å². The van der Waals surface area contributed by atoms with Crippen LogP contribution in [-0.2, 0) is 0 Å². The van der Waals surface area contributed by atoms with E-state index in [0.29, 0.717) is 0 Å². The third kappa shape index (κ3) is 2.70. The first-order valence-corrected chi connectivity index (χ1v) is 9.92. The molecule has 0 amide bonds. The normalized spacial score (nSPS) is 20.5. The molecule has 0 bridgehead atoms. The number of aryl methyl sites for hydroxylation is 1. The van der Waals surface area contributed by atoms with E-state index in [1.165, 1.54) is 16.0 Å². The molecule has 5 rings (SSSR count). The number of rotatable bonds is 3. The van der Waals surface area contributed by atoms with E-state index in [4.69, 9.17) is 14.6 Å². The topological polar surface area (TPSA) is 34.1 Å². The van der Waals surface area contributed by atoms with E-state index in [-0.39, 0.29) is 12.3 Å². The van der Waals surface area contributed by atoms with Crippen LogP contribution in [0.4, 0.5) is 0 Å². The van der Waals surface area contributed by atoms with Gasteiger partial charge in [0.2, 0.25) is 6.23 Å². The highest BCUT2D eigenvalue weighted by atomic mass is 32.1. The summed E-state index contributed by atoms with van der Waals surface area (Å²) in [7, 11) is 1.69. The monoisotopic (exact) mass is 376 g/mol. The third-order valence-electron chi connectivity index (χ3n) is 5.25. The van der Waals surface area contributed by atoms with E-state index in [1.54, 1.807) is 18.4 Å². The van der Waals surface area contributed by atoms with Gasteiger partial charge in [0, 0.05) is 12.0 Å². The average molecular weight is 376 g/mol. The molecule has 0 saturated carbocycles. The highest BCUT2D eigenvalue weighted by molar-refractivity contribution is 7.10. The summed E-state index contributed by atoms with van der Waals surface area (Å²) in [5, 5.41) is 9.26. The molecule has 4 nitrogen and oxygen atoms in total. The number of hydrogen-bond acceptors (Lipinski definition) is 5. The number of ether oxygens (including phenoxy) is 2. The van der Waals surface area contributed by atoms with Crippen molar-refractivity contribution in [2.45, 2.75) is 25.6 Å². The molecule has 2 aliphatic heterocycles. The Balaban J connectivity index is 1.57. The van der Waals surface area contributed by atoms with Crippen molar-refractivity contribution in [3.63, 3.8) is 0 Å². The van der Waals surface area contributed by atoms with E-state index < -0.39 is 0 Å². The van der Waals surface area contributed by atoms with Crippen molar-refractivity contribution in [3.05, 3.63) is 81.5 Å². The molecular weight excluding hydrogens is 356 g/mol. The lowest BCUT2D eigenvalue weighted by Gasteiger charge is -2.37. The number of benzene rings is 2. The van der Waals surface area contributed by atoms with Crippen LogP contribution in [0.25, 0.3) is 0 Å². The Kier molecular flexibility index (Phi) is 3.90. The van der Waals surface area contributed by atoms with Crippen LogP contribution in [0.3, 0.4) is 0 Å². The quantitative estimate of drug-likeness (QED) is 0.621. The van der Waals surface area contributed by atoms with Gasteiger partial charge in [0.1, 0.15) is 11.5 Å². The van der Waals surface area contributed by atoms with E-state index in [9.17, 15) is 0 Å². The first-order valence-electron chi connectivity index (χ1n) is 9.04. The van der Waals surface area contributed by atoms with Crippen molar-refractivity contribution in [1.82, 2.24) is 5.01 Å². The van der Waals surface area contributed by atoms with Crippen molar-refractivity contribution in [3.8, 4) is 11.5 Å². The first kappa shape index (κ1) is 16.4. The summed E-state index contributed by atoms with van der Waals surface area (Å²) in [6.07, 6.45) is 0.689. The Hall–Kier alpha value is -2.79. The second kappa shape index (κ2) is 6.43. The summed E-state index contributed by atoms with van der Waals surface area (Å²) in [4.78, 5) is 1.22. The van der Waals surface area contributed by atoms with Crippen LogP contribution >= 0.6 is 11.3 Å². The maximum Gasteiger partial charge on any atom is 0.223 e. The number of fused-ring (bicyclic) bond motifs is 3. The van der Waals surface area contributed by atoms with Gasteiger partial charge in [0.15, 0.2) is 0 Å². The van der Waals surface area contributed by atoms with Gasteiger partial charge in [0.25, 0.3) is 0 Å². The minimum atomic E-state index is -0.180. The van der Waals surface area contributed by atoms with E-state index in [0.717, 1.165) is 29.2 Å². The Bertz CT molecular complexity index is 1010. The largest absolute Gasteiger partial charge is 0.497 e. The van der Waals surface area contributed by atoms with Crippen molar-refractivity contribution < 1.29 is 9.47 Å². The SMILES string of the molecule is COc1ccc(C2=NN3[C@@H](C2)c2ccccc2O[C@H]3c2sccc2C)cc1. The van der Waals surface area contributed by atoms with Gasteiger partial charge in [-0.25, -0.2) is 5.01 Å². The van der Waals surface area contributed by atoms with Crippen molar-refractivity contribution in [2.24, 2.45) is 5.10 Å². The van der Waals surface area contributed by atoms with Crippen LogP contribution in [0.5, 0.6) is 11.5 Å². The molecule has 0 radical (unpaired) electrons. The standard InChI is InChI=1S/C22H20N2O2S/c1-14-11-12-27-21(14)22-24-19(17-5-3-4-6-20(17)26-22)13-18(23-24)15-7-9-16(25-2)10-8-15/h3-12,19,22H,13H2,1-2H3/t19-,22-/m0/s1. The van der Waals surface area contributed by atoms with Gasteiger partial charge in [0.05, 0.1) is 23.7 Å². The zero-order chi connectivity index (χ0) is 18.4. The zero-order valence-electron chi connectivity index (χ0n) is 15.3. The molecule has 0 fully saturated rings. The molecule has 5 heteroatoms. The lowest BCUT2D eigenvalue weighted by atomic mass is 9.96. The number of nitrogens with zero attached hydrogens (tertiary/aromatic N) is 2. The predicted octanol–water partition coefficient (Wildman–Crippen LogP) is 5.31. The van der Waals surface area contributed by atoms with Crippen LogP contribution in [0.2, 0.25) is 0 Å². The van der Waals surface area contributed by atoms with Gasteiger partial charge in [-0.15, -0.1) is 11.3 Å². The van der Waals surface area contributed by atoms with Crippen LogP contribution in [0.1, 0.15) is 40.3 Å². The summed E-state index contributed by atoms with van der Waals surface area (Å²) >= 11 is 1.73. The summed E-state index contributed by atoms with van der Waals surface area (Å²) in [5.74, 6) is 1.82. The van der Waals surface area contributed by atoms with Gasteiger partial charge in [-0.2, -0.15) is 5.10 Å². The molecule has 0 N–H and O–H groups in total. The van der Waals surface area contributed by atoms with Crippen LogP contribution in [0, 0.1) is 6.92 Å². The molecule has 27 heavy (non-hydrogen) atoms. The van der Waals surface area contributed by atoms with E-state index >= 15 is 0 Å². The summed E-state index contributed by atoms with van der Waals surface area (Å²) in [6, 6.07) is 18.8. The van der Waals surface area contributed by atoms with Gasteiger partial charge < -0.3 is 9.47 Å². The maximum atomic E-state index is 6.40. The number of thiophene rings is 1. The minimum absolute atomic E-state index is 0.180. The molecule has 3 aromatic rings. The number of hydrazone groups is 1. The lowest BCUT2D eigenvalue weighted by molar-refractivity contribution is -0.0169. The molecule has 0 unspecified atom stereocenters. The minimum Gasteiger partial charge on any atom is -0.497 e. The van der Waals surface area contributed by atoms with Crippen LogP contribution in [-0.4, -0.2) is 17.8 Å². The molecule has 0 spiro atoms. The average Bonchev–Trinajstić information content (AvgIpc) is 3.34. The van der Waals surface area contributed by atoms with Crippen molar-refractivity contribution in [2.75, 3.05) is 7.11 Å². The molecule has 1 aromatic heterocycles. The van der Waals surface area contributed by atoms with E-state index in [1.807, 2.05) is 18.2 Å². The fraction of sp³-hybridized carbons (Fsp3) is 0.227.